The zero-order valence-electron chi connectivity index (χ0n) is 10.6. The van der Waals surface area contributed by atoms with E-state index in [2.05, 4.69) is 39.7 Å². The van der Waals surface area contributed by atoms with Crippen LogP contribution in [0.25, 0.3) is 0 Å². The Labute approximate surface area is 115 Å². The van der Waals surface area contributed by atoms with Crippen LogP contribution in [0.4, 0.5) is 8.78 Å². The maximum absolute atomic E-state index is 13.9. The number of nitrogens with zero attached hydrogens (tertiary/aromatic N) is 2. The van der Waals surface area contributed by atoms with Crippen molar-refractivity contribution in [3.63, 3.8) is 0 Å². The second-order valence-corrected chi connectivity index (χ2v) is 5.76. The molecule has 0 amide bonds. The molecule has 0 saturated carbocycles. The largest absolute Gasteiger partial charge is 0.304 e. The van der Waals surface area contributed by atoms with E-state index in [9.17, 15) is 8.78 Å². The Kier molecular flexibility index (Phi) is 4.35. The molecule has 1 atom stereocenters. The van der Waals surface area contributed by atoms with Gasteiger partial charge in [-0.1, -0.05) is 0 Å². The molecule has 0 radical (unpaired) electrons. The normalized spacial score (nSPS) is 22.4. The van der Waals surface area contributed by atoms with Gasteiger partial charge in [-0.25, -0.2) is 8.78 Å². The third-order valence-corrected chi connectivity index (χ3v) is 4.08. The fourth-order valence-corrected chi connectivity index (χ4v) is 2.70. The highest BCUT2D eigenvalue weighted by Crippen LogP contribution is 2.24. The minimum atomic E-state index is -0.485. The second-order valence-electron chi connectivity index (χ2n) is 4.90. The Morgan fingerprint density at radius 1 is 1.33 bits per heavy atom. The highest BCUT2D eigenvalue weighted by molar-refractivity contribution is 9.10. The lowest BCUT2D eigenvalue weighted by molar-refractivity contribution is 0.0917. The third-order valence-electron chi connectivity index (χ3n) is 3.47. The van der Waals surface area contributed by atoms with Gasteiger partial charge in [0.25, 0.3) is 0 Å². The number of benzene rings is 1. The van der Waals surface area contributed by atoms with Gasteiger partial charge in [-0.15, -0.1) is 0 Å². The summed E-state index contributed by atoms with van der Waals surface area (Å²) in [7, 11) is 2.06. The number of halogens is 3. The number of hydrogen-bond acceptors (Lipinski definition) is 2. The summed E-state index contributed by atoms with van der Waals surface area (Å²) in [6, 6.07) is 3.02. The summed E-state index contributed by atoms with van der Waals surface area (Å²) < 4.78 is 27.9. The van der Waals surface area contributed by atoms with Crippen LogP contribution in [0.2, 0.25) is 0 Å². The van der Waals surface area contributed by atoms with Crippen molar-refractivity contribution in [3.8, 4) is 0 Å². The summed E-state index contributed by atoms with van der Waals surface area (Å²) in [5, 5.41) is 0. The molecule has 18 heavy (non-hydrogen) atoms. The number of rotatable bonds is 2. The first-order chi connectivity index (χ1) is 8.49. The van der Waals surface area contributed by atoms with E-state index >= 15 is 0 Å². The van der Waals surface area contributed by atoms with E-state index in [0.29, 0.717) is 17.1 Å². The van der Waals surface area contributed by atoms with E-state index in [0.717, 1.165) is 19.6 Å². The molecule has 0 aromatic heterocycles. The Hall–Kier alpha value is -0.520. The number of likely N-dealkylation sites (N-methyl/N-ethyl adjacent to an activating group) is 1. The van der Waals surface area contributed by atoms with Crippen LogP contribution >= 0.6 is 15.9 Å². The summed E-state index contributed by atoms with van der Waals surface area (Å²) in [5.41, 5.74) is 0.153. The highest BCUT2D eigenvalue weighted by atomic mass is 79.9. The zero-order valence-corrected chi connectivity index (χ0v) is 12.2. The second kappa shape index (κ2) is 5.63. The van der Waals surface area contributed by atoms with Crippen molar-refractivity contribution >= 4 is 15.9 Å². The maximum atomic E-state index is 13.9. The van der Waals surface area contributed by atoms with E-state index in [4.69, 9.17) is 0 Å². The average Bonchev–Trinajstić information content (AvgIpc) is 2.32. The number of hydrogen-bond donors (Lipinski definition) is 0. The summed E-state index contributed by atoms with van der Waals surface area (Å²) in [6.45, 7) is 5.11. The Morgan fingerprint density at radius 2 is 2.06 bits per heavy atom. The minimum absolute atomic E-state index is 0.153. The first kappa shape index (κ1) is 13.9. The average molecular weight is 319 g/mol. The summed E-state index contributed by atoms with van der Waals surface area (Å²) in [6.07, 6.45) is 0. The molecule has 2 nitrogen and oxygen atoms in total. The molecule has 2 rings (SSSR count). The highest BCUT2D eigenvalue weighted by Gasteiger charge is 2.24. The first-order valence-electron chi connectivity index (χ1n) is 6.04. The molecule has 100 valence electrons. The molecule has 1 aliphatic heterocycles. The van der Waals surface area contributed by atoms with Gasteiger partial charge >= 0.3 is 0 Å². The van der Waals surface area contributed by atoms with Gasteiger partial charge in [0, 0.05) is 37.8 Å². The fourth-order valence-electron chi connectivity index (χ4n) is 2.33. The molecular formula is C13H17BrF2N2. The van der Waals surface area contributed by atoms with Crippen molar-refractivity contribution in [2.75, 3.05) is 26.7 Å². The molecule has 0 N–H and O–H groups in total. The molecule has 5 heteroatoms. The van der Waals surface area contributed by atoms with Crippen LogP contribution in [-0.2, 0) is 6.54 Å². The topological polar surface area (TPSA) is 6.48 Å². The minimum Gasteiger partial charge on any atom is -0.304 e. The third kappa shape index (κ3) is 2.90. The Balaban J connectivity index is 2.17. The maximum Gasteiger partial charge on any atom is 0.144 e. The van der Waals surface area contributed by atoms with E-state index < -0.39 is 11.6 Å². The van der Waals surface area contributed by atoms with Gasteiger partial charge in [-0.2, -0.15) is 0 Å². The van der Waals surface area contributed by atoms with Crippen molar-refractivity contribution in [2.24, 2.45) is 0 Å². The molecule has 1 fully saturated rings. The molecule has 1 unspecified atom stereocenters. The summed E-state index contributed by atoms with van der Waals surface area (Å²) in [5.74, 6) is -0.956. The van der Waals surface area contributed by atoms with Crippen LogP contribution in [0.5, 0.6) is 0 Å². The zero-order chi connectivity index (χ0) is 13.3. The van der Waals surface area contributed by atoms with Crippen LogP contribution in [-0.4, -0.2) is 42.5 Å². The van der Waals surface area contributed by atoms with Crippen LogP contribution in [0.1, 0.15) is 12.5 Å². The van der Waals surface area contributed by atoms with Crippen molar-refractivity contribution in [1.29, 1.82) is 0 Å². The van der Waals surface area contributed by atoms with E-state index in [-0.39, 0.29) is 5.56 Å². The lowest BCUT2D eigenvalue weighted by Crippen LogP contribution is -2.50. The standard InChI is InChI=1S/C13H17BrF2N2/c1-9-7-17(2)5-6-18(9)8-10-12(15)4-3-11(14)13(10)16/h3-4,9H,5-8H2,1-2H3. The molecule has 0 bridgehead atoms. The van der Waals surface area contributed by atoms with E-state index in [1.165, 1.54) is 12.1 Å². The molecule has 1 aromatic carbocycles. The van der Waals surface area contributed by atoms with Crippen molar-refractivity contribution < 1.29 is 8.78 Å². The quantitative estimate of drug-likeness (QED) is 0.774. The molecule has 1 aliphatic rings. The van der Waals surface area contributed by atoms with Gasteiger partial charge in [-0.05, 0) is 42.0 Å². The molecule has 1 saturated heterocycles. The van der Waals surface area contributed by atoms with Gasteiger partial charge < -0.3 is 4.90 Å². The predicted octanol–water partition coefficient (Wildman–Crippen LogP) is 2.86. The molecular weight excluding hydrogens is 302 g/mol. The van der Waals surface area contributed by atoms with Gasteiger partial charge in [0.1, 0.15) is 11.6 Å². The number of piperazine rings is 1. The first-order valence-corrected chi connectivity index (χ1v) is 6.83. The van der Waals surface area contributed by atoms with Crippen LogP contribution in [0.3, 0.4) is 0 Å². The monoisotopic (exact) mass is 318 g/mol. The molecule has 0 aliphatic carbocycles. The molecule has 1 aromatic rings. The smallest absolute Gasteiger partial charge is 0.144 e. The van der Waals surface area contributed by atoms with E-state index in [1.54, 1.807) is 0 Å². The lowest BCUT2D eigenvalue weighted by atomic mass is 10.1. The van der Waals surface area contributed by atoms with Gasteiger partial charge in [0.05, 0.1) is 4.47 Å². The van der Waals surface area contributed by atoms with Crippen molar-refractivity contribution in [1.82, 2.24) is 9.80 Å². The SMILES string of the molecule is CC1CN(C)CCN1Cc1c(F)ccc(Br)c1F. The van der Waals surface area contributed by atoms with Crippen LogP contribution < -0.4 is 0 Å². The molecule has 1 heterocycles. The summed E-state index contributed by atoms with van der Waals surface area (Å²) >= 11 is 3.10. The van der Waals surface area contributed by atoms with Crippen molar-refractivity contribution in [2.45, 2.75) is 19.5 Å². The van der Waals surface area contributed by atoms with Crippen LogP contribution in [0, 0.1) is 11.6 Å². The Morgan fingerprint density at radius 3 is 2.72 bits per heavy atom. The van der Waals surface area contributed by atoms with Gasteiger partial charge in [0.2, 0.25) is 0 Å². The predicted molar refractivity (Wildman–Crippen MR) is 71.4 cm³/mol. The summed E-state index contributed by atoms with van der Waals surface area (Å²) in [4.78, 5) is 4.35. The lowest BCUT2D eigenvalue weighted by Gasteiger charge is -2.38. The van der Waals surface area contributed by atoms with Gasteiger partial charge in [0.15, 0.2) is 0 Å². The van der Waals surface area contributed by atoms with Crippen molar-refractivity contribution in [3.05, 3.63) is 33.8 Å². The molecule has 0 spiro atoms. The van der Waals surface area contributed by atoms with E-state index in [1.807, 2.05) is 0 Å². The fraction of sp³-hybridized carbons (Fsp3) is 0.538. The van der Waals surface area contributed by atoms with Gasteiger partial charge in [-0.3, -0.25) is 4.90 Å². The Bertz CT molecular complexity index is 439. The van der Waals surface area contributed by atoms with Crippen LogP contribution in [0.15, 0.2) is 16.6 Å².